The van der Waals surface area contributed by atoms with E-state index in [0.717, 1.165) is 39.4 Å². The smallest absolute Gasteiger partial charge is 0.146 e. The Morgan fingerprint density at radius 2 is 1.74 bits per heavy atom. The summed E-state index contributed by atoms with van der Waals surface area (Å²) in [5.74, 6) is 0. The van der Waals surface area contributed by atoms with Gasteiger partial charge in [0, 0.05) is 27.7 Å². The molecule has 128 valence electrons. The van der Waals surface area contributed by atoms with E-state index in [9.17, 15) is 0 Å². The predicted molar refractivity (Wildman–Crippen MR) is 112 cm³/mol. The van der Waals surface area contributed by atoms with Gasteiger partial charge in [-0.3, -0.25) is 9.38 Å². The first-order valence-electron chi connectivity index (χ1n) is 9.34. The third kappa shape index (κ3) is 1.91. The molecule has 0 bridgehead atoms. The van der Waals surface area contributed by atoms with Crippen LogP contribution in [-0.2, 0) is 6.42 Å². The Kier molecular flexibility index (Phi) is 2.87. The summed E-state index contributed by atoms with van der Waals surface area (Å²) in [5, 5.41) is 4.72. The Labute approximate surface area is 155 Å². The third-order valence-electron chi connectivity index (χ3n) is 5.56. The third-order valence-corrected chi connectivity index (χ3v) is 5.56. The van der Waals surface area contributed by atoms with Crippen molar-refractivity contribution in [2.45, 2.75) is 13.3 Å². The zero-order valence-electron chi connectivity index (χ0n) is 15.0. The Morgan fingerprint density at radius 1 is 0.852 bits per heavy atom. The highest BCUT2D eigenvalue weighted by atomic mass is 15.0. The van der Waals surface area contributed by atoms with Crippen molar-refractivity contribution < 1.29 is 0 Å². The lowest BCUT2D eigenvalue weighted by Crippen LogP contribution is -1.94. The van der Waals surface area contributed by atoms with Crippen LogP contribution in [0.15, 0.2) is 72.9 Å². The Hall–Kier alpha value is -3.46. The van der Waals surface area contributed by atoms with Crippen molar-refractivity contribution in [2.24, 2.45) is 0 Å². The molecule has 3 heterocycles. The van der Waals surface area contributed by atoms with Gasteiger partial charge in [0.1, 0.15) is 5.65 Å². The molecule has 3 aromatic carbocycles. The number of aromatic nitrogens is 3. The molecule has 0 fully saturated rings. The molecular weight excluding hydrogens is 330 g/mol. The average Bonchev–Trinajstić information content (AvgIpc) is 3.13. The van der Waals surface area contributed by atoms with E-state index in [1.807, 2.05) is 18.3 Å². The quantitative estimate of drug-likeness (QED) is 0.346. The second-order valence-corrected chi connectivity index (χ2v) is 7.03. The van der Waals surface area contributed by atoms with Gasteiger partial charge in [-0.25, -0.2) is 4.98 Å². The lowest BCUT2D eigenvalue weighted by Gasteiger charge is -2.12. The van der Waals surface area contributed by atoms with Crippen molar-refractivity contribution >= 4 is 49.3 Å². The molecule has 6 aromatic rings. The van der Waals surface area contributed by atoms with Crippen molar-refractivity contribution in [1.29, 1.82) is 0 Å². The number of imidazole rings is 1. The molecule has 0 aliphatic heterocycles. The van der Waals surface area contributed by atoms with Crippen LogP contribution in [0.4, 0.5) is 0 Å². The fourth-order valence-corrected chi connectivity index (χ4v) is 4.25. The zero-order valence-corrected chi connectivity index (χ0v) is 15.0. The van der Waals surface area contributed by atoms with Gasteiger partial charge in [-0.15, -0.1) is 0 Å². The van der Waals surface area contributed by atoms with Gasteiger partial charge in [-0.1, -0.05) is 43.3 Å². The first kappa shape index (κ1) is 14.7. The van der Waals surface area contributed by atoms with E-state index in [-0.39, 0.29) is 0 Å². The number of benzene rings is 3. The summed E-state index contributed by atoms with van der Waals surface area (Å²) in [6.07, 6.45) is 2.89. The molecule has 0 atom stereocenters. The number of para-hydroxylation sites is 2. The lowest BCUT2D eigenvalue weighted by atomic mass is 10.0. The highest BCUT2D eigenvalue weighted by molar-refractivity contribution is 6.22. The van der Waals surface area contributed by atoms with Crippen molar-refractivity contribution in [1.82, 2.24) is 14.4 Å². The minimum absolute atomic E-state index is 1.000. The SMILES string of the molecule is CCc1ccc2c3c(ccc4cccnc43)c3nc4ccccc4n3c2c1. The largest absolute Gasteiger partial charge is 0.292 e. The fourth-order valence-electron chi connectivity index (χ4n) is 4.25. The van der Waals surface area contributed by atoms with E-state index in [0.29, 0.717) is 0 Å². The maximum absolute atomic E-state index is 4.99. The molecule has 3 nitrogen and oxygen atoms in total. The van der Waals surface area contributed by atoms with Crippen LogP contribution >= 0.6 is 0 Å². The molecule has 0 saturated carbocycles. The molecular formula is C24H17N3. The minimum atomic E-state index is 1.000. The van der Waals surface area contributed by atoms with E-state index < -0.39 is 0 Å². The lowest BCUT2D eigenvalue weighted by molar-refractivity contribution is 1.14. The summed E-state index contributed by atoms with van der Waals surface area (Å²) in [7, 11) is 0. The van der Waals surface area contributed by atoms with Gasteiger partial charge in [0.15, 0.2) is 0 Å². The maximum Gasteiger partial charge on any atom is 0.146 e. The van der Waals surface area contributed by atoms with Crippen molar-refractivity contribution in [3.05, 3.63) is 78.5 Å². The van der Waals surface area contributed by atoms with Crippen molar-refractivity contribution in [3.63, 3.8) is 0 Å². The first-order chi connectivity index (χ1) is 13.3. The molecule has 0 unspecified atom stereocenters. The number of aryl methyl sites for hydroxylation is 1. The highest BCUT2D eigenvalue weighted by Crippen LogP contribution is 2.36. The predicted octanol–water partition coefficient (Wildman–Crippen LogP) is 5.90. The molecule has 0 aliphatic carbocycles. The van der Waals surface area contributed by atoms with E-state index >= 15 is 0 Å². The van der Waals surface area contributed by atoms with Gasteiger partial charge in [0.05, 0.1) is 22.1 Å². The summed E-state index contributed by atoms with van der Waals surface area (Å²) in [4.78, 5) is 9.72. The van der Waals surface area contributed by atoms with Gasteiger partial charge < -0.3 is 0 Å². The van der Waals surface area contributed by atoms with E-state index in [1.165, 1.54) is 21.9 Å². The van der Waals surface area contributed by atoms with Crippen molar-refractivity contribution in [3.8, 4) is 0 Å². The molecule has 3 aromatic heterocycles. The van der Waals surface area contributed by atoms with Gasteiger partial charge >= 0.3 is 0 Å². The average molecular weight is 347 g/mol. The molecule has 0 N–H and O–H groups in total. The molecule has 0 amide bonds. The molecule has 0 saturated heterocycles. The standard InChI is InChI=1S/C24H17N3/c1-2-15-9-11-17-21(14-15)27-20-8-4-3-7-19(20)26-24(27)18-12-10-16-6-5-13-25-23(16)22(17)18/h3-14H,2H2,1H3. The molecule has 27 heavy (non-hydrogen) atoms. The number of pyridine rings is 2. The minimum Gasteiger partial charge on any atom is -0.292 e. The van der Waals surface area contributed by atoms with Crippen LogP contribution in [0.1, 0.15) is 12.5 Å². The highest BCUT2D eigenvalue weighted by Gasteiger charge is 2.16. The monoisotopic (exact) mass is 347 g/mol. The normalized spacial score (nSPS) is 12.0. The Bertz CT molecular complexity index is 1510. The number of fused-ring (bicyclic) bond motifs is 10. The van der Waals surface area contributed by atoms with Gasteiger partial charge in [-0.2, -0.15) is 0 Å². The fraction of sp³-hybridized carbons (Fsp3) is 0.0833. The zero-order chi connectivity index (χ0) is 18.0. The van der Waals surface area contributed by atoms with E-state index in [1.54, 1.807) is 0 Å². The first-order valence-corrected chi connectivity index (χ1v) is 9.34. The Balaban J connectivity index is 2.01. The van der Waals surface area contributed by atoms with Gasteiger partial charge in [0.2, 0.25) is 0 Å². The van der Waals surface area contributed by atoms with Crippen LogP contribution in [-0.4, -0.2) is 14.4 Å². The molecule has 6 rings (SSSR count). The van der Waals surface area contributed by atoms with Crippen LogP contribution in [0.3, 0.4) is 0 Å². The summed E-state index contributed by atoms with van der Waals surface area (Å²) >= 11 is 0. The van der Waals surface area contributed by atoms with E-state index in [2.05, 4.69) is 65.9 Å². The molecule has 0 spiro atoms. The van der Waals surface area contributed by atoms with Crippen LogP contribution in [0.5, 0.6) is 0 Å². The number of hydrogen-bond donors (Lipinski definition) is 0. The second-order valence-electron chi connectivity index (χ2n) is 7.03. The summed E-state index contributed by atoms with van der Waals surface area (Å²) in [6, 6.07) is 23.6. The van der Waals surface area contributed by atoms with E-state index in [4.69, 9.17) is 9.97 Å². The second kappa shape index (κ2) is 5.27. The summed E-state index contributed by atoms with van der Waals surface area (Å²) < 4.78 is 2.31. The topological polar surface area (TPSA) is 30.2 Å². The van der Waals surface area contributed by atoms with Crippen LogP contribution in [0.2, 0.25) is 0 Å². The number of rotatable bonds is 1. The van der Waals surface area contributed by atoms with Crippen molar-refractivity contribution in [2.75, 3.05) is 0 Å². The molecule has 0 aliphatic rings. The van der Waals surface area contributed by atoms with Crippen LogP contribution in [0, 0.1) is 0 Å². The Morgan fingerprint density at radius 3 is 2.67 bits per heavy atom. The number of hydrogen-bond acceptors (Lipinski definition) is 2. The maximum atomic E-state index is 4.99. The van der Waals surface area contributed by atoms with Crippen LogP contribution < -0.4 is 0 Å². The van der Waals surface area contributed by atoms with Gasteiger partial charge in [0.25, 0.3) is 0 Å². The van der Waals surface area contributed by atoms with Crippen LogP contribution in [0.25, 0.3) is 49.3 Å². The molecule has 0 radical (unpaired) electrons. The summed E-state index contributed by atoms with van der Waals surface area (Å²) in [6.45, 7) is 2.20. The molecule has 3 heteroatoms. The number of nitrogens with zero attached hydrogens (tertiary/aromatic N) is 3. The summed E-state index contributed by atoms with van der Waals surface area (Å²) in [5.41, 5.74) is 6.74. The van der Waals surface area contributed by atoms with Gasteiger partial charge in [-0.05, 0) is 42.3 Å².